The molecule has 0 aliphatic rings. The molecule has 0 fully saturated rings. The first-order valence-electron chi connectivity index (χ1n) is 4.48. The van der Waals surface area contributed by atoms with Gasteiger partial charge in [-0.2, -0.15) is 0 Å². The van der Waals surface area contributed by atoms with E-state index in [0.717, 1.165) is 0 Å². The molecule has 64 valence electrons. The maximum absolute atomic E-state index is 3.77. The van der Waals surface area contributed by atoms with E-state index in [-0.39, 0.29) is 0 Å². The van der Waals surface area contributed by atoms with Crippen molar-refractivity contribution in [1.82, 2.24) is 0 Å². The number of rotatable bonds is 5. The SMILES string of the molecule is C=CC(C)CC(C)=CCCC. The summed E-state index contributed by atoms with van der Waals surface area (Å²) < 4.78 is 0. The van der Waals surface area contributed by atoms with E-state index >= 15 is 0 Å². The van der Waals surface area contributed by atoms with E-state index in [1.54, 1.807) is 0 Å². The molecule has 0 rings (SSSR count). The summed E-state index contributed by atoms with van der Waals surface area (Å²) in [7, 11) is 0. The first kappa shape index (κ1) is 10.5. The average molecular weight is 152 g/mol. The Balaban J connectivity index is 3.65. The van der Waals surface area contributed by atoms with Gasteiger partial charge in [-0.1, -0.05) is 38.0 Å². The Hall–Kier alpha value is -0.520. The van der Waals surface area contributed by atoms with Crippen LogP contribution in [0.15, 0.2) is 24.3 Å². The minimum absolute atomic E-state index is 0.628. The topological polar surface area (TPSA) is 0 Å². The second-order valence-corrected chi connectivity index (χ2v) is 3.26. The van der Waals surface area contributed by atoms with E-state index in [0.29, 0.717) is 5.92 Å². The molecule has 11 heavy (non-hydrogen) atoms. The second kappa shape index (κ2) is 6.21. The van der Waals surface area contributed by atoms with Crippen molar-refractivity contribution in [3.8, 4) is 0 Å². The zero-order valence-electron chi connectivity index (χ0n) is 8.06. The summed E-state index contributed by atoms with van der Waals surface area (Å²) in [6.07, 6.45) is 7.99. The highest BCUT2D eigenvalue weighted by molar-refractivity contribution is 5.00. The van der Waals surface area contributed by atoms with Gasteiger partial charge in [0, 0.05) is 0 Å². The van der Waals surface area contributed by atoms with Gasteiger partial charge in [0.1, 0.15) is 0 Å². The molecule has 0 spiro atoms. The average Bonchev–Trinajstić information content (AvgIpc) is 2.00. The Bertz CT molecular complexity index is 131. The Kier molecular flexibility index (Phi) is 5.91. The fourth-order valence-corrected chi connectivity index (χ4v) is 1.07. The summed E-state index contributed by atoms with van der Waals surface area (Å²) in [4.78, 5) is 0. The highest BCUT2D eigenvalue weighted by Gasteiger charge is 1.95. The van der Waals surface area contributed by atoms with Gasteiger partial charge in [-0.15, -0.1) is 6.58 Å². The van der Waals surface area contributed by atoms with E-state index in [2.05, 4.69) is 33.4 Å². The summed E-state index contributed by atoms with van der Waals surface area (Å²) in [6, 6.07) is 0. The normalized spacial score (nSPS) is 14.6. The summed E-state index contributed by atoms with van der Waals surface area (Å²) in [5, 5.41) is 0. The molecule has 0 N–H and O–H groups in total. The summed E-state index contributed by atoms with van der Waals surface area (Å²) in [6.45, 7) is 10.4. The smallest absolute Gasteiger partial charge is 0.0227 e. The van der Waals surface area contributed by atoms with Crippen molar-refractivity contribution in [1.29, 1.82) is 0 Å². The van der Waals surface area contributed by atoms with Crippen molar-refractivity contribution in [3.05, 3.63) is 24.3 Å². The van der Waals surface area contributed by atoms with Crippen LogP contribution < -0.4 is 0 Å². The highest BCUT2D eigenvalue weighted by atomic mass is 14.0. The largest absolute Gasteiger partial charge is 0.103 e. The van der Waals surface area contributed by atoms with Crippen LogP contribution in [0.2, 0.25) is 0 Å². The molecule has 0 bridgehead atoms. The maximum atomic E-state index is 3.77. The van der Waals surface area contributed by atoms with Crippen LogP contribution >= 0.6 is 0 Å². The van der Waals surface area contributed by atoms with Gasteiger partial charge in [-0.25, -0.2) is 0 Å². The van der Waals surface area contributed by atoms with Crippen molar-refractivity contribution in [2.24, 2.45) is 5.92 Å². The maximum Gasteiger partial charge on any atom is -0.0227 e. The fourth-order valence-electron chi connectivity index (χ4n) is 1.07. The van der Waals surface area contributed by atoms with Crippen LogP contribution in [0, 0.1) is 5.92 Å². The van der Waals surface area contributed by atoms with Gasteiger partial charge in [0.2, 0.25) is 0 Å². The standard InChI is InChI=1S/C11H20/c1-5-7-8-11(4)9-10(3)6-2/h6,8,10H,2,5,7,9H2,1,3-4H3. The lowest BCUT2D eigenvalue weighted by molar-refractivity contribution is 0.713. The third-order valence-corrected chi connectivity index (χ3v) is 1.83. The molecule has 0 radical (unpaired) electrons. The Morgan fingerprint density at radius 2 is 2.18 bits per heavy atom. The zero-order valence-corrected chi connectivity index (χ0v) is 8.06. The molecular formula is C11H20. The number of hydrogen-bond donors (Lipinski definition) is 0. The first-order chi connectivity index (χ1) is 5.20. The molecule has 0 heterocycles. The predicted molar refractivity (Wildman–Crippen MR) is 52.6 cm³/mol. The summed E-state index contributed by atoms with van der Waals surface area (Å²) >= 11 is 0. The van der Waals surface area contributed by atoms with E-state index in [9.17, 15) is 0 Å². The molecule has 0 saturated carbocycles. The zero-order chi connectivity index (χ0) is 8.69. The molecule has 0 aromatic rings. The van der Waals surface area contributed by atoms with Crippen molar-refractivity contribution >= 4 is 0 Å². The van der Waals surface area contributed by atoms with Crippen LogP contribution in [0.3, 0.4) is 0 Å². The van der Waals surface area contributed by atoms with Crippen LogP contribution in [0.1, 0.15) is 40.0 Å². The van der Waals surface area contributed by atoms with E-state index in [1.165, 1.54) is 24.8 Å². The number of hydrogen-bond acceptors (Lipinski definition) is 0. The Morgan fingerprint density at radius 3 is 2.64 bits per heavy atom. The molecule has 0 saturated heterocycles. The molecule has 0 aliphatic carbocycles. The summed E-state index contributed by atoms with van der Waals surface area (Å²) in [5.74, 6) is 0.628. The van der Waals surface area contributed by atoms with Crippen molar-refractivity contribution in [2.45, 2.75) is 40.0 Å². The third kappa shape index (κ3) is 5.90. The van der Waals surface area contributed by atoms with Gasteiger partial charge < -0.3 is 0 Å². The Morgan fingerprint density at radius 1 is 1.55 bits per heavy atom. The lowest BCUT2D eigenvalue weighted by Gasteiger charge is -2.04. The second-order valence-electron chi connectivity index (χ2n) is 3.26. The minimum Gasteiger partial charge on any atom is -0.103 e. The van der Waals surface area contributed by atoms with Crippen LogP contribution in [0.25, 0.3) is 0 Å². The van der Waals surface area contributed by atoms with Gasteiger partial charge in [-0.3, -0.25) is 0 Å². The summed E-state index contributed by atoms with van der Waals surface area (Å²) in [5.41, 5.74) is 1.50. The van der Waals surface area contributed by atoms with E-state index in [1.807, 2.05) is 6.08 Å². The van der Waals surface area contributed by atoms with Crippen LogP contribution in [0.4, 0.5) is 0 Å². The van der Waals surface area contributed by atoms with Crippen molar-refractivity contribution in [2.75, 3.05) is 0 Å². The van der Waals surface area contributed by atoms with Gasteiger partial charge in [-0.05, 0) is 25.7 Å². The molecule has 0 nitrogen and oxygen atoms in total. The van der Waals surface area contributed by atoms with E-state index < -0.39 is 0 Å². The third-order valence-electron chi connectivity index (χ3n) is 1.83. The lowest BCUT2D eigenvalue weighted by Crippen LogP contribution is -1.89. The quantitative estimate of drug-likeness (QED) is 0.523. The lowest BCUT2D eigenvalue weighted by atomic mass is 10.0. The van der Waals surface area contributed by atoms with Crippen molar-refractivity contribution < 1.29 is 0 Å². The molecule has 0 aromatic carbocycles. The van der Waals surface area contributed by atoms with Gasteiger partial charge >= 0.3 is 0 Å². The first-order valence-corrected chi connectivity index (χ1v) is 4.48. The van der Waals surface area contributed by atoms with Crippen LogP contribution in [-0.4, -0.2) is 0 Å². The van der Waals surface area contributed by atoms with Gasteiger partial charge in [0.15, 0.2) is 0 Å². The molecule has 0 heteroatoms. The molecule has 0 amide bonds. The molecular weight excluding hydrogens is 132 g/mol. The number of unbranched alkanes of at least 4 members (excludes halogenated alkanes) is 1. The highest BCUT2D eigenvalue weighted by Crippen LogP contribution is 2.12. The van der Waals surface area contributed by atoms with Crippen molar-refractivity contribution in [3.63, 3.8) is 0 Å². The van der Waals surface area contributed by atoms with Crippen LogP contribution in [-0.2, 0) is 0 Å². The van der Waals surface area contributed by atoms with E-state index in [4.69, 9.17) is 0 Å². The fraction of sp³-hybridized carbons (Fsp3) is 0.636. The van der Waals surface area contributed by atoms with Gasteiger partial charge in [0.25, 0.3) is 0 Å². The van der Waals surface area contributed by atoms with Crippen LogP contribution in [0.5, 0.6) is 0 Å². The number of allylic oxidation sites excluding steroid dienone is 3. The molecule has 1 atom stereocenters. The predicted octanol–water partition coefficient (Wildman–Crippen LogP) is 3.95. The molecule has 1 unspecified atom stereocenters. The Labute approximate surface area is 71.0 Å². The molecule has 0 aliphatic heterocycles. The minimum atomic E-state index is 0.628. The van der Waals surface area contributed by atoms with Gasteiger partial charge in [0.05, 0.1) is 0 Å². The monoisotopic (exact) mass is 152 g/mol. The molecule has 0 aromatic heterocycles.